The van der Waals surface area contributed by atoms with Gasteiger partial charge in [0.25, 0.3) is 11.8 Å². The minimum absolute atomic E-state index is 0.0263. The molecule has 3 rings (SSSR count). The summed E-state index contributed by atoms with van der Waals surface area (Å²) in [5, 5.41) is 10.4. The molecule has 1 aromatic carbocycles. The van der Waals surface area contributed by atoms with Crippen LogP contribution in [0, 0.1) is 17.7 Å². The molecule has 1 aromatic heterocycles. The van der Waals surface area contributed by atoms with E-state index in [1.807, 2.05) is 0 Å². The maximum Gasteiger partial charge on any atom is 0.269 e. The Morgan fingerprint density at radius 1 is 1.39 bits per heavy atom. The molecule has 0 saturated carbocycles. The first-order chi connectivity index (χ1) is 14.7. The number of unbranched alkanes of at least 4 members (excludes halogenated alkanes) is 2. The average molecular weight is 424 g/mol. The number of halogens is 1. The van der Waals surface area contributed by atoms with Crippen LogP contribution in [0.4, 0.5) is 4.39 Å². The van der Waals surface area contributed by atoms with Gasteiger partial charge in [-0.25, -0.2) is 9.37 Å². The van der Waals surface area contributed by atoms with E-state index in [1.54, 1.807) is 7.05 Å². The zero-order valence-corrected chi connectivity index (χ0v) is 17.6. The number of carbonyl (C=O) groups excluding carboxylic acids is 2. The molecule has 2 heterocycles. The summed E-state index contributed by atoms with van der Waals surface area (Å²) in [4.78, 5) is 33.9. The summed E-state index contributed by atoms with van der Waals surface area (Å²) < 4.78 is 14.5. The number of likely N-dealkylation sites (N-methyl/N-ethyl adjacent to an activating group) is 1. The normalized spacial score (nSPS) is 18.1. The molecule has 7 nitrogen and oxygen atoms in total. The standard InChI is InChI=1S/C23H25FN4O3/c1-3-4-5-6-18-20(21(25)29)27-19(14-26-18)16-13-15(7-8-17(16)24)9-10-23(31)11-12-28(2)22(23)30/h7-8,13-14,31H,3-6,11-12H2,1-2H3,(H2,25,29)/t23-/m0/s1. The van der Waals surface area contributed by atoms with Crippen molar-refractivity contribution in [3.05, 3.63) is 47.2 Å². The molecule has 3 N–H and O–H groups in total. The minimum atomic E-state index is -1.75. The predicted molar refractivity (Wildman–Crippen MR) is 113 cm³/mol. The van der Waals surface area contributed by atoms with Gasteiger partial charge in [0, 0.05) is 31.1 Å². The molecule has 0 bridgehead atoms. The highest BCUT2D eigenvalue weighted by atomic mass is 19.1. The van der Waals surface area contributed by atoms with E-state index in [0.717, 1.165) is 19.3 Å². The Bertz CT molecular complexity index is 1080. The fraction of sp³-hybridized carbons (Fsp3) is 0.391. The molecule has 1 aliphatic rings. The fourth-order valence-corrected chi connectivity index (χ4v) is 3.41. The van der Waals surface area contributed by atoms with Crippen LogP contribution >= 0.6 is 0 Å². The largest absolute Gasteiger partial charge is 0.369 e. The Balaban J connectivity index is 1.94. The third kappa shape index (κ3) is 4.89. The lowest BCUT2D eigenvalue weighted by atomic mass is 10.0. The highest BCUT2D eigenvalue weighted by Gasteiger charge is 2.42. The monoisotopic (exact) mass is 424 g/mol. The van der Waals surface area contributed by atoms with Gasteiger partial charge >= 0.3 is 0 Å². The van der Waals surface area contributed by atoms with Gasteiger partial charge in [0.15, 0.2) is 0 Å². The van der Waals surface area contributed by atoms with E-state index in [1.165, 1.54) is 29.3 Å². The molecule has 31 heavy (non-hydrogen) atoms. The van der Waals surface area contributed by atoms with E-state index in [9.17, 15) is 19.1 Å². The number of amides is 2. The number of aryl methyl sites for hydroxylation is 1. The highest BCUT2D eigenvalue weighted by Crippen LogP contribution is 2.24. The number of nitrogens with two attached hydrogens (primary N) is 1. The molecular formula is C23H25FN4O3. The van der Waals surface area contributed by atoms with Crippen LogP contribution in [0.1, 0.15) is 54.4 Å². The van der Waals surface area contributed by atoms with E-state index in [4.69, 9.17) is 5.73 Å². The predicted octanol–water partition coefficient (Wildman–Crippen LogP) is 2.06. The summed E-state index contributed by atoms with van der Waals surface area (Å²) in [6.07, 6.45) is 5.03. The Morgan fingerprint density at radius 3 is 2.81 bits per heavy atom. The van der Waals surface area contributed by atoms with Gasteiger partial charge in [-0.2, -0.15) is 0 Å². The summed E-state index contributed by atoms with van der Waals surface area (Å²) in [6.45, 7) is 2.48. The summed E-state index contributed by atoms with van der Waals surface area (Å²) in [5.41, 5.74) is 4.89. The van der Waals surface area contributed by atoms with Crippen LogP contribution in [0.15, 0.2) is 24.4 Å². The average Bonchev–Trinajstić information content (AvgIpc) is 3.01. The molecule has 1 atom stereocenters. The maximum atomic E-state index is 14.5. The number of benzene rings is 1. The van der Waals surface area contributed by atoms with E-state index < -0.39 is 23.2 Å². The molecule has 2 aromatic rings. The number of hydrogen-bond donors (Lipinski definition) is 2. The lowest BCUT2D eigenvalue weighted by Crippen LogP contribution is -2.37. The van der Waals surface area contributed by atoms with Gasteiger partial charge in [-0.05, 0) is 31.0 Å². The van der Waals surface area contributed by atoms with Crippen molar-refractivity contribution < 1.29 is 19.1 Å². The molecule has 1 fully saturated rings. The van der Waals surface area contributed by atoms with Gasteiger partial charge in [0.1, 0.15) is 11.5 Å². The molecule has 8 heteroatoms. The number of nitrogens with zero attached hydrogens (tertiary/aromatic N) is 3. The van der Waals surface area contributed by atoms with Gasteiger partial charge in [0.05, 0.1) is 17.6 Å². The number of aromatic nitrogens is 2. The Morgan fingerprint density at radius 2 is 2.16 bits per heavy atom. The third-order valence-electron chi connectivity index (χ3n) is 5.26. The SMILES string of the molecule is CCCCCc1ncc(-c2cc(C#C[C@]3(O)CCN(C)C3=O)ccc2F)nc1C(N)=O. The Labute approximate surface area is 180 Å². The molecule has 0 spiro atoms. The van der Waals surface area contributed by atoms with Crippen molar-refractivity contribution in [2.45, 2.75) is 44.6 Å². The maximum absolute atomic E-state index is 14.5. The number of carbonyl (C=O) groups is 2. The first-order valence-electron chi connectivity index (χ1n) is 10.2. The first-order valence-corrected chi connectivity index (χ1v) is 10.2. The summed E-state index contributed by atoms with van der Waals surface area (Å²) >= 11 is 0. The molecule has 1 saturated heterocycles. The van der Waals surface area contributed by atoms with Gasteiger partial charge in [-0.3, -0.25) is 14.6 Å². The molecule has 0 radical (unpaired) electrons. The van der Waals surface area contributed by atoms with Crippen LogP contribution in [-0.4, -0.2) is 51.0 Å². The van der Waals surface area contributed by atoms with Gasteiger partial charge in [-0.1, -0.05) is 31.6 Å². The van der Waals surface area contributed by atoms with Gasteiger partial charge < -0.3 is 15.7 Å². The third-order valence-corrected chi connectivity index (χ3v) is 5.26. The first kappa shape index (κ1) is 22.4. The number of primary amides is 1. The molecule has 0 unspecified atom stereocenters. The van der Waals surface area contributed by atoms with Crippen molar-refractivity contribution in [1.29, 1.82) is 0 Å². The lowest BCUT2D eigenvalue weighted by molar-refractivity contribution is -0.137. The molecule has 1 aliphatic heterocycles. The van der Waals surface area contributed by atoms with Gasteiger partial charge in [-0.15, -0.1) is 0 Å². The van der Waals surface area contributed by atoms with Crippen molar-refractivity contribution in [2.75, 3.05) is 13.6 Å². The van der Waals surface area contributed by atoms with Crippen LogP contribution in [0.5, 0.6) is 0 Å². The molecule has 0 aliphatic carbocycles. The van der Waals surface area contributed by atoms with E-state index in [-0.39, 0.29) is 23.4 Å². The van der Waals surface area contributed by atoms with E-state index in [2.05, 4.69) is 28.7 Å². The highest BCUT2D eigenvalue weighted by molar-refractivity contribution is 5.92. The molecular weight excluding hydrogens is 399 g/mol. The Kier molecular flexibility index (Phi) is 6.66. The zero-order chi connectivity index (χ0) is 22.6. The second-order valence-electron chi connectivity index (χ2n) is 7.65. The number of rotatable bonds is 6. The molecule has 162 valence electrons. The second kappa shape index (κ2) is 9.23. The summed E-state index contributed by atoms with van der Waals surface area (Å²) in [5.74, 6) is 3.60. The van der Waals surface area contributed by atoms with Crippen LogP contribution in [0.2, 0.25) is 0 Å². The summed E-state index contributed by atoms with van der Waals surface area (Å²) in [6, 6.07) is 4.10. The van der Waals surface area contributed by atoms with E-state index in [0.29, 0.717) is 24.2 Å². The van der Waals surface area contributed by atoms with Crippen molar-refractivity contribution in [3.63, 3.8) is 0 Å². The van der Waals surface area contributed by atoms with Gasteiger partial charge in [0.2, 0.25) is 5.60 Å². The van der Waals surface area contributed by atoms with E-state index >= 15 is 0 Å². The fourth-order valence-electron chi connectivity index (χ4n) is 3.41. The minimum Gasteiger partial charge on any atom is -0.369 e. The van der Waals surface area contributed by atoms with Crippen LogP contribution in [-0.2, 0) is 11.2 Å². The topological polar surface area (TPSA) is 109 Å². The second-order valence-corrected chi connectivity index (χ2v) is 7.65. The Hall–Kier alpha value is -3.31. The van der Waals surface area contributed by atoms with Crippen LogP contribution < -0.4 is 5.73 Å². The zero-order valence-electron chi connectivity index (χ0n) is 17.6. The quantitative estimate of drug-likeness (QED) is 0.545. The van der Waals surface area contributed by atoms with Crippen molar-refractivity contribution in [3.8, 4) is 23.1 Å². The van der Waals surface area contributed by atoms with Crippen LogP contribution in [0.25, 0.3) is 11.3 Å². The number of aliphatic hydroxyl groups is 1. The van der Waals surface area contributed by atoms with Crippen molar-refractivity contribution in [1.82, 2.24) is 14.9 Å². The molecule has 2 amide bonds. The number of hydrogen-bond acceptors (Lipinski definition) is 5. The number of likely N-dealkylation sites (tertiary alicyclic amines) is 1. The van der Waals surface area contributed by atoms with Crippen LogP contribution in [0.3, 0.4) is 0 Å². The summed E-state index contributed by atoms with van der Waals surface area (Å²) in [7, 11) is 1.60. The smallest absolute Gasteiger partial charge is 0.269 e. The lowest BCUT2D eigenvalue weighted by Gasteiger charge is -2.13. The van der Waals surface area contributed by atoms with Crippen molar-refractivity contribution >= 4 is 11.8 Å². The van der Waals surface area contributed by atoms with Crippen molar-refractivity contribution in [2.24, 2.45) is 5.73 Å².